The van der Waals surface area contributed by atoms with Crippen molar-refractivity contribution in [2.45, 2.75) is 25.4 Å². The maximum absolute atomic E-state index is 13.0. The zero-order valence-corrected chi connectivity index (χ0v) is 11.6. The lowest BCUT2D eigenvalue weighted by atomic mass is 10.0. The summed E-state index contributed by atoms with van der Waals surface area (Å²) >= 11 is 0. The number of nitrogens with one attached hydrogen (secondary N) is 1. The van der Waals surface area contributed by atoms with Gasteiger partial charge in [0.15, 0.2) is 0 Å². The highest BCUT2D eigenvalue weighted by atomic mass is 19.1. The molecule has 2 nitrogen and oxygen atoms in total. The SMILES string of the molecule is CCC(N[C@H](CO)c1ccccc1)c1ccc(F)cc1. The number of aliphatic hydroxyl groups excluding tert-OH is 1. The minimum atomic E-state index is -0.231. The van der Waals surface area contributed by atoms with Crippen molar-refractivity contribution >= 4 is 0 Å². The average molecular weight is 273 g/mol. The molecule has 0 fully saturated rings. The Balaban J connectivity index is 2.14. The number of hydrogen-bond acceptors (Lipinski definition) is 2. The van der Waals surface area contributed by atoms with Gasteiger partial charge in [-0.15, -0.1) is 0 Å². The fourth-order valence-electron chi connectivity index (χ4n) is 2.33. The lowest BCUT2D eigenvalue weighted by Crippen LogP contribution is -2.28. The molecule has 2 rings (SSSR count). The molecule has 2 aromatic rings. The highest BCUT2D eigenvalue weighted by molar-refractivity contribution is 5.23. The first kappa shape index (κ1) is 14.7. The molecular formula is C17H20FNO. The van der Waals surface area contributed by atoms with Crippen LogP contribution in [0, 0.1) is 5.82 Å². The van der Waals surface area contributed by atoms with E-state index in [0.29, 0.717) is 0 Å². The van der Waals surface area contributed by atoms with Crippen LogP contribution in [0.5, 0.6) is 0 Å². The molecule has 2 atom stereocenters. The van der Waals surface area contributed by atoms with Crippen LogP contribution in [0.2, 0.25) is 0 Å². The van der Waals surface area contributed by atoms with E-state index >= 15 is 0 Å². The van der Waals surface area contributed by atoms with Gasteiger partial charge >= 0.3 is 0 Å². The molecule has 1 unspecified atom stereocenters. The monoisotopic (exact) mass is 273 g/mol. The molecule has 0 saturated heterocycles. The van der Waals surface area contributed by atoms with Crippen molar-refractivity contribution in [3.8, 4) is 0 Å². The summed E-state index contributed by atoms with van der Waals surface area (Å²) in [5.74, 6) is -0.231. The Kier molecular flexibility index (Phi) is 5.27. The summed E-state index contributed by atoms with van der Waals surface area (Å²) in [5, 5.41) is 13.0. The highest BCUT2D eigenvalue weighted by Gasteiger charge is 2.16. The average Bonchev–Trinajstić information content (AvgIpc) is 2.51. The van der Waals surface area contributed by atoms with Crippen molar-refractivity contribution in [1.29, 1.82) is 0 Å². The Morgan fingerprint density at radius 2 is 1.55 bits per heavy atom. The largest absolute Gasteiger partial charge is 0.394 e. The van der Waals surface area contributed by atoms with E-state index in [0.717, 1.165) is 17.5 Å². The van der Waals surface area contributed by atoms with E-state index < -0.39 is 0 Å². The van der Waals surface area contributed by atoms with Crippen LogP contribution in [0.3, 0.4) is 0 Å². The first-order valence-electron chi connectivity index (χ1n) is 6.92. The number of hydrogen-bond donors (Lipinski definition) is 2. The van der Waals surface area contributed by atoms with Crippen LogP contribution < -0.4 is 5.32 Å². The van der Waals surface area contributed by atoms with E-state index in [2.05, 4.69) is 12.2 Å². The van der Waals surface area contributed by atoms with E-state index in [4.69, 9.17) is 0 Å². The molecule has 0 aliphatic heterocycles. The maximum atomic E-state index is 13.0. The van der Waals surface area contributed by atoms with Gasteiger partial charge in [-0.2, -0.15) is 0 Å². The minimum absolute atomic E-state index is 0.0295. The number of benzene rings is 2. The molecule has 20 heavy (non-hydrogen) atoms. The second-order valence-corrected chi connectivity index (χ2v) is 4.82. The summed E-state index contributed by atoms with van der Waals surface area (Å²) in [4.78, 5) is 0. The zero-order valence-electron chi connectivity index (χ0n) is 11.6. The van der Waals surface area contributed by atoms with Crippen LogP contribution in [0.1, 0.15) is 36.6 Å². The topological polar surface area (TPSA) is 32.3 Å². The van der Waals surface area contributed by atoms with Crippen LogP contribution >= 0.6 is 0 Å². The second kappa shape index (κ2) is 7.17. The zero-order chi connectivity index (χ0) is 14.4. The van der Waals surface area contributed by atoms with Crippen molar-refractivity contribution in [3.63, 3.8) is 0 Å². The Bertz CT molecular complexity index is 512. The van der Waals surface area contributed by atoms with Gasteiger partial charge in [-0.3, -0.25) is 0 Å². The number of aliphatic hydroxyl groups is 1. The van der Waals surface area contributed by atoms with E-state index in [1.54, 1.807) is 12.1 Å². The van der Waals surface area contributed by atoms with E-state index in [9.17, 15) is 9.50 Å². The lowest BCUT2D eigenvalue weighted by Gasteiger charge is -2.24. The van der Waals surface area contributed by atoms with Gasteiger partial charge in [-0.05, 0) is 29.7 Å². The van der Waals surface area contributed by atoms with Gasteiger partial charge in [-0.25, -0.2) is 4.39 Å². The Morgan fingerprint density at radius 3 is 2.10 bits per heavy atom. The molecular weight excluding hydrogens is 253 g/mol. The first-order valence-corrected chi connectivity index (χ1v) is 6.92. The predicted octanol–water partition coefficient (Wildman–Crippen LogP) is 3.60. The Hall–Kier alpha value is -1.71. The summed E-state index contributed by atoms with van der Waals surface area (Å²) in [6.07, 6.45) is 0.870. The second-order valence-electron chi connectivity index (χ2n) is 4.82. The van der Waals surface area contributed by atoms with Gasteiger partial charge in [0.2, 0.25) is 0 Å². The van der Waals surface area contributed by atoms with Gasteiger partial charge in [0, 0.05) is 6.04 Å². The fourth-order valence-corrected chi connectivity index (χ4v) is 2.33. The number of halogens is 1. The molecule has 0 aromatic heterocycles. The van der Waals surface area contributed by atoms with Gasteiger partial charge in [0.05, 0.1) is 12.6 Å². The molecule has 3 heteroatoms. The van der Waals surface area contributed by atoms with Gasteiger partial charge in [0.25, 0.3) is 0 Å². The van der Waals surface area contributed by atoms with Crippen LogP contribution in [0.15, 0.2) is 54.6 Å². The Morgan fingerprint density at radius 1 is 0.950 bits per heavy atom. The fraction of sp³-hybridized carbons (Fsp3) is 0.294. The third kappa shape index (κ3) is 3.65. The third-order valence-electron chi connectivity index (χ3n) is 3.47. The van der Waals surface area contributed by atoms with Crippen LogP contribution in [0.4, 0.5) is 4.39 Å². The van der Waals surface area contributed by atoms with Crippen molar-refractivity contribution < 1.29 is 9.50 Å². The summed E-state index contributed by atoms with van der Waals surface area (Å²) < 4.78 is 13.0. The van der Waals surface area contributed by atoms with Crippen LogP contribution in [-0.4, -0.2) is 11.7 Å². The Labute approximate surface area is 119 Å². The molecule has 0 aliphatic carbocycles. The molecule has 0 heterocycles. The number of rotatable bonds is 6. The molecule has 0 bridgehead atoms. The van der Waals surface area contributed by atoms with Gasteiger partial charge in [-0.1, -0.05) is 49.4 Å². The lowest BCUT2D eigenvalue weighted by molar-refractivity contribution is 0.232. The highest BCUT2D eigenvalue weighted by Crippen LogP contribution is 2.22. The van der Waals surface area contributed by atoms with Gasteiger partial charge < -0.3 is 10.4 Å². The van der Waals surface area contributed by atoms with Crippen LogP contribution in [0.25, 0.3) is 0 Å². The summed E-state index contributed by atoms with van der Waals surface area (Å²) in [7, 11) is 0. The predicted molar refractivity (Wildman–Crippen MR) is 78.8 cm³/mol. The summed E-state index contributed by atoms with van der Waals surface area (Å²) in [6.45, 7) is 2.10. The molecule has 2 N–H and O–H groups in total. The van der Waals surface area contributed by atoms with Crippen molar-refractivity contribution in [2.75, 3.05) is 6.61 Å². The first-order chi connectivity index (χ1) is 9.74. The molecule has 106 valence electrons. The van der Waals surface area contributed by atoms with E-state index in [-0.39, 0.29) is 24.5 Å². The normalized spacial score (nSPS) is 13.9. The molecule has 0 radical (unpaired) electrons. The van der Waals surface area contributed by atoms with Crippen molar-refractivity contribution in [3.05, 3.63) is 71.5 Å². The van der Waals surface area contributed by atoms with E-state index in [1.165, 1.54) is 12.1 Å². The van der Waals surface area contributed by atoms with Crippen molar-refractivity contribution in [1.82, 2.24) is 5.32 Å². The van der Waals surface area contributed by atoms with Crippen LogP contribution in [-0.2, 0) is 0 Å². The quantitative estimate of drug-likeness (QED) is 0.843. The molecule has 0 amide bonds. The summed E-state index contributed by atoms with van der Waals surface area (Å²) in [5.41, 5.74) is 2.08. The maximum Gasteiger partial charge on any atom is 0.123 e. The molecule has 0 saturated carbocycles. The minimum Gasteiger partial charge on any atom is -0.394 e. The molecule has 0 aliphatic rings. The standard InChI is InChI=1S/C17H20FNO/c1-2-16(14-8-10-15(18)11-9-14)19-17(12-20)13-6-4-3-5-7-13/h3-11,16-17,19-20H,2,12H2,1H3/t16?,17-/m1/s1. The summed E-state index contributed by atoms with van der Waals surface area (Å²) in [6, 6.07) is 16.3. The van der Waals surface area contributed by atoms with Crippen molar-refractivity contribution in [2.24, 2.45) is 0 Å². The van der Waals surface area contributed by atoms with Gasteiger partial charge in [0.1, 0.15) is 5.82 Å². The third-order valence-corrected chi connectivity index (χ3v) is 3.47. The molecule has 2 aromatic carbocycles. The smallest absolute Gasteiger partial charge is 0.123 e. The van der Waals surface area contributed by atoms with E-state index in [1.807, 2.05) is 30.3 Å². The molecule has 0 spiro atoms.